The number of aromatic nitrogens is 3. The lowest BCUT2D eigenvalue weighted by molar-refractivity contribution is 0.617. The van der Waals surface area contributed by atoms with Gasteiger partial charge in [-0.1, -0.05) is 6.07 Å². The van der Waals surface area contributed by atoms with Crippen molar-refractivity contribution in [1.82, 2.24) is 14.8 Å². The van der Waals surface area contributed by atoms with Gasteiger partial charge >= 0.3 is 0 Å². The standard InChI is InChI=1S/C12H14N4O2/c1-2-13-10-5-3-4-9(14-10)8-16-12(18)7-6-11(17)15-16/h3-7H,2,8H2,1H3,(H,13,14)(H,15,17). The summed E-state index contributed by atoms with van der Waals surface area (Å²) in [4.78, 5) is 27.0. The Morgan fingerprint density at radius 2 is 2.11 bits per heavy atom. The minimum Gasteiger partial charge on any atom is -0.370 e. The predicted molar refractivity (Wildman–Crippen MR) is 68.8 cm³/mol. The highest BCUT2D eigenvalue weighted by molar-refractivity contribution is 5.34. The fourth-order valence-corrected chi connectivity index (χ4v) is 1.59. The van der Waals surface area contributed by atoms with E-state index < -0.39 is 0 Å². The second kappa shape index (κ2) is 5.31. The first-order valence-electron chi connectivity index (χ1n) is 5.69. The molecular formula is C12H14N4O2. The second-order valence-corrected chi connectivity index (χ2v) is 3.78. The number of hydrogen-bond acceptors (Lipinski definition) is 4. The molecule has 2 aromatic heterocycles. The summed E-state index contributed by atoms with van der Waals surface area (Å²) in [6.45, 7) is 3.00. The molecule has 6 nitrogen and oxygen atoms in total. The van der Waals surface area contributed by atoms with Crippen LogP contribution in [-0.4, -0.2) is 21.3 Å². The smallest absolute Gasteiger partial charge is 0.265 e. The van der Waals surface area contributed by atoms with Crippen molar-refractivity contribution in [2.24, 2.45) is 0 Å². The van der Waals surface area contributed by atoms with E-state index in [1.165, 1.54) is 16.8 Å². The van der Waals surface area contributed by atoms with Gasteiger partial charge in [0.1, 0.15) is 5.82 Å². The summed E-state index contributed by atoms with van der Waals surface area (Å²) in [6.07, 6.45) is 0. The lowest BCUT2D eigenvalue weighted by Crippen LogP contribution is -2.28. The van der Waals surface area contributed by atoms with Crippen molar-refractivity contribution < 1.29 is 0 Å². The van der Waals surface area contributed by atoms with Crippen LogP contribution in [0.25, 0.3) is 0 Å². The van der Waals surface area contributed by atoms with Gasteiger partial charge in [-0.3, -0.25) is 14.7 Å². The normalized spacial score (nSPS) is 10.3. The van der Waals surface area contributed by atoms with Gasteiger partial charge in [-0.05, 0) is 19.1 Å². The molecule has 0 atom stereocenters. The fraction of sp³-hybridized carbons (Fsp3) is 0.250. The number of pyridine rings is 1. The molecule has 94 valence electrons. The lowest BCUT2D eigenvalue weighted by atomic mass is 10.3. The van der Waals surface area contributed by atoms with Crippen LogP contribution in [0.15, 0.2) is 39.9 Å². The van der Waals surface area contributed by atoms with Crippen LogP contribution in [0, 0.1) is 0 Å². The van der Waals surface area contributed by atoms with E-state index in [9.17, 15) is 9.59 Å². The van der Waals surface area contributed by atoms with Gasteiger partial charge in [-0.25, -0.2) is 9.67 Å². The summed E-state index contributed by atoms with van der Waals surface area (Å²) in [7, 11) is 0. The van der Waals surface area contributed by atoms with Crippen molar-refractivity contribution in [3.8, 4) is 0 Å². The van der Waals surface area contributed by atoms with Crippen LogP contribution in [0.4, 0.5) is 5.82 Å². The molecule has 0 bridgehead atoms. The SMILES string of the molecule is CCNc1cccc(Cn2[nH]c(=O)ccc2=O)n1. The first-order chi connectivity index (χ1) is 8.69. The molecule has 0 aliphatic heterocycles. The van der Waals surface area contributed by atoms with Gasteiger partial charge in [0, 0.05) is 18.7 Å². The third-order valence-electron chi connectivity index (χ3n) is 2.37. The van der Waals surface area contributed by atoms with Crippen LogP contribution in [0.3, 0.4) is 0 Å². The summed E-state index contributed by atoms with van der Waals surface area (Å²) in [6, 6.07) is 7.96. The molecule has 0 amide bonds. The van der Waals surface area contributed by atoms with E-state index >= 15 is 0 Å². The van der Waals surface area contributed by atoms with Gasteiger partial charge in [-0.15, -0.1) is 0 Å². The summed E-state index contributed by atoms with van der Waals surface area (Å²) in [5.74, 6) is 0.751. The molecule has 2 aromatic rings. The molecule has 0 fully saturated rings. The number of anilines is 1. The Hall–Kier alpha value is -2.37. The molecule has 6 heteroatoms. The Bertz CT molecular complexity index is 645. The van der Waals surface area contributed by atoms with Gasteiger partial charge < -0.3 is 5.32 Å². The number of rotatable bonds is 4. The van der Waals surface area contributed by atoms with Crippen LogP contribution < -0.4 is 16.4 Å². The van der Waals surface area contributed by atoms with Gasteiger partial charge in [0.2, 0.25) is 0 Å². The maximum absolute atomic E-state index is 11.5. The molecule has 0 aliphatic rings. The average Bonchev–Trinajstić information content (AvgIpc) is 2.35. The minimum atomic E-state index is -0.308. The Kier molecular flexibility index (Phi) is 3.57. The summed E-state index contributed by atoms with van der Waals surface area (Å²) in [5, 5.41) is 5.55. The predicted octanol–water partition coefficient (Wildman–Crippen LogP) is 0.412. The van der Waals surface area contributed by atoms with Crippen molar-refractivity contribution >= 4 is 5.82 Å². The van der Waals surface area contributed by atoms with Crippen LogP contribution in [-0.2, 0) is 6.54 Å². The van der Waals surface area contributed by atoms with Gasteiger partial charge in [0.05, 0.1) is 12.2 Å². The first-order valence-corrected chi connectivity index (χ1v) is 5.69. The van der Waals surface area contributed by atoms with E-state index in [1.54, 1.807) is 6.07 Å². The molecular weight excluding hydrogens is 232 g/mol. The molecule has 0 saturated carbocycles. The van der Waals surface area contributed by atoms with E-state index in [2.05, 4.69) is 15.4 Å². The van der Waals surface area contributed by atoms with Crippen molar-refractivity contribution in [3.63, 3.8) is 0 Å². The molecule has 2 rings (SSSR count). The molecule has 2 N–H and O–H groups in total. The number of aromatic amines is 1. The van der Waals surface area contributed by atoms with Crippen molar-refractivity contribution in [3.05, 3.63) is 56.7 Å². The maximum atomic E-state index is 11.5. The van der Waals surface area contributed by atoms with E-state index in [0.717, 1.165) is 12.4 Å². The van der Waals surface area contributed by atoms with Crippen LogP contribution >= 0.6 is 0 Å². The van der Waals surface area contributed by atoms with Gasteiger partial charge in [-0.2, -0.15) is 0 Å². The molecule has 0 radical (unpaired) electrons. The number of hydrogen-bond donors (Lipinski definition) is 2. The maximum Gasteiger partial charge on any atom is 0.265 e. The molecule has 18 heavy (non-hydrogen) atoms. The highest BCUT2D eigenvalue weighted by atomic mass is 16.1. The average molecular weight is 246 g/mol. The van der Waals surface area contributed by atoms with Crippen molar-refractivity contribution in [2.75, 3.05) is 11.9 Å². The number of nitrogens with zero attached hydrogens (tertiary/aromatic N) is 2. The Balaban J connectivity index is 2.28. The minimum absolute atomic E-state index is 0.244. The Morgan fingerprint density at radius 1 is 1.28 bits per heavy atom. The monoisotopic (exact) mass is 246 g/mol. The highest BCUT2D eigenvalue weighted by Gasteiger charge is 2.01. The third-order valence-corrected chi connectivity index (χ3v) is 2.37. The van der Waals surface area contributed by atoms with Crippen molar-refractivity contribution in [2.45, 2.75) is 13.5 Å². The summed E-state index contributed by atoms with van der Waals surface area (Å²) < 4.78 is 1.24. The van der Waals surface area contributed by atoms with Gasteiger partial charge in [0.25, 0.3) is 11.1 Å². The highest BCUT2D eigenvalue weighted by Crippen LogP contribution is 2.04. The van der Waals surface area contributed by atoms with E-state index in [-0.39, 0.29) is 17.7 Å². The van der Waals surface area contributed by atoms with Crippen LogP contribution in [0.1, 0.15) is 12.6 Å². The molecule has 0 unspecified atom stereocenters. The summed E-state index contributed by atoms with van der Waals surface area (Å²) >= 11 is 0. The van der Waals surface area contributed by atoms with E-state index in [4.69, 9.17) is 0 Å². The Labute approximate surface area is 103 Å². The van der Waals surface area contributed by atoms with E-state index in [0.29, 0.717) is 5.69 Å². The number of nitrogens with one attached hydrogen (secondary N) is 2. The topological polar surface area (TPSA) is 79.8 Å². The first kappa shape index (κ1) is 12.1. The quantitative estimate of drug-likeness (QED) is 0.819. The van der Waals surface area contributed by atoms with Gasteiger partial charge in [0.15, 0.2) is 0 Å². The van der Waals surface area contributed by atoms with Crippen LogP contribution in [0.2, 0.25) is 0 Å². The lowest BCUT2D eigenvalue weighted by Gasteiger charge is -2.07. The molecule has 2 heterocycles. The second-order valence-electron chi connectivity index (χ2n) is 3.78. The van der Waals surface area contributed by atoms with E-state index in [1.807, 2.05) is 19.1 Å². The third kappa shape index (κ3) is 2.85. The zero-order chi connectivity index (χ0) is 13.0. The largest absolute Gasteiger partial charge is 0.370 e. The molecule has 0 aromatic carbocycles. The molecule has 0 saturated heterocycles. The van der Waals surface area contributed by atoms with Crippen molar-refractivity contribution in [1.29, 1.82) is 0 Å². The zero-order valence-corrected chi connectivity index (χ0v) is 10.0. The molecule has 0 spiro atoms. The fourth-order valence-electron chi connectivity index (χ4n) is 1.59. The summed E-state index contributed by atoms with van der Waals surface area (Å²) in [5.41, 5.74) is 0.139. The molecule has 0 aliphatic carbocycles. The Morgan fingerprint density at radius 3 is 2.89 bits per heavy atom. The number of H-pyrrole nitrogens is 1. The zero-order valence-electron chi connectivity index (χ0n) is 10.0. The van der Waals surface area contributed by atoms with Crippen LogP contribution in [0.5, 0.6) is 0 Å².